The van der Waals surface area contributed by atoms with Crippen molar-refractivity contribution in [3.63, 3.8) is 0 Å². The molecule has 0 bridgehead atoms. The number of ether oxygens (including phenoxy) is 1. The molecule has 1 aliphatic heterocycles. The summed E-state index contributed by atoms with van der Waals surface area (Å²) in [5.74, 6) is 0.164. The molecule has 170 valence electrons. The second-order valence-corrected chi connectivity index (χ2v) is 10.4. The number of aliphatic hydroxyl groups excluding tert-OH is 2. The number of hydrogen-bond acceptors (Lipinski definition) is 6. The number of hydrogen-bond donors (Lipinski definition) is 2. The van der Waals surface area contributed by atoms with Crippen LogP contribution < -0.4 is 0 Å². The van der Waals surface area contributed by atoms with E-state index < -0.39 is 24.0 Å². The van der Waals surface area contributed by atoms with Crippen LogP contribution in [0.15, 0.2) is 47.3 Å². The van der Waals surface area contributed by atoms with E-state index in [0.717, 1.165) is 27.4 Å². The quantitative estimate of drug-likeness (QED) is 0.270. The molecule has 4 aromatic rings. The Morgan fingerprint density at radius 1 is 1.12 bits per heavy atom. The van der Waals surface area contributed by atoms with Crippen molar-refractivity contribution in [3.8, 4) is 0 Å². The summed E-state index contributed by atoms with van der Waals surface area (Å²) in [5.41, 5.74) is 1.65. The van der Waals surface area contributed by atoms with Crippen molar-refractivity contribution in [1.29, 1.82) is 0 Å². The lowest BCUT2D eigenvalue weighted by Gasteiger charge is -2.27. The number of rotatable bonds is 2. The van der Waals surface area contributed by atoms with Gasteiger partial charge in [0.2, 0.25) is 0 Å². The van der Waals surface area contributed by atoms with Gasteiger partial charge in [0.25, 0.3) is 0 Å². The molecule has 4 heterocycles. The molecule has 33 heavy (non-hydrogen) atoms. The molecule has 2 aliphatic rings. The van der Waals surface area contributed by atoms with Crippen LogP contribution in [0.2, 0.25) is 10.3 Å². The summed E-state index contributed by atoms with van der Waals surface area (Å²) in [7, 11) is 0. The van der Waals surface area contributed by atoms with Crippen molar-refractivity contribution < 1.29 is 14.9 Å². The van der Waals surface area contributed by atoms with E-state index >= 15 is 0 Å². The monoisotopic (exact) mass is 548 g/mol. The Labute approximate surface area is 207 Å². The normalized spacial score (nSPS) is 29.6. The third-order valence-electron chi connectivity index (χ3n) is 6.98. The van der Waals surface area contributed by atoms with Crippen LogP contribution in [0.4, 0.5) is 0 Å². The molecular formula is C23H19BrCl2N4O3. The zero-order chi connectivity index (χ0) is 22.9. The number of pyridine rings is 1. The van der Waals surface area contributed by atoms with Gasteiger partial charge in [-0.1, -0.05) is 35.3 Å². The topological polar surface area (TPSA) is 93.3 Å². The molecule has 0 radical (unpaired) electrons. The van der Waals surface area contributed by atoms with Crippen molar-refractivity contribution in [2.75, 3.05) is 0 Å². The summed E-state index contributed by atoms with van der Waals surface area (Å²) in [6.45, 7) is 0. The van der Waals surface area contributed by atoms with E-state index in [-0.39, 0.29) is 5.92 Å². The third kappa shape index (κ3) is 3.38. The summed E-state index contributed by atoms with van der Waals surface area (Å²) >= 11 is 15.8. The lowest BCUT2D eigenvalue weighted by molar-refractivity contribution is -0.0987. The highest BCUT2D eigenvalue weighted by Crippen LogP contribution is 2.52. The van der Waals surface area contributed by atoms with E-state index in [0.29, 0.717) is 34.2 Å². The molecule has 5 atom stereocenters. The van der Waals surface area contributed by atoms with Gasteiger partial charge < -0.3 is 19.5 Å². The molecule has 10 heteroatoms. The summed E-state index contributed by atoms with van der Waals surface area (Å²) in [6, 6.07) is 9.90. The predicted molar refractivity (Wildman–Crippen MR) is 128 cm³/mol. The van der Waals surface area contributed by atoms with Crippen LogP contribution in [0.5, 0.6) is 0 Å². The fourth-order valence-electron chi connectivity index (χ4n) is 5.30. The van der Waals surface area contributed by atoms with Crippen LogP contribution in [0.1, 0.15) is 37.0 Å². The first kappa shape index (κ1) is 21.7. The van der Waals surface area contributed by atoms with Gasteiger partial charge >= 0.3 is 0 Å². The van der Waals surface area contributed by atoms with E-state index in [4.69, 9.17) is 27.9 Å². The number of halogens is 3. The van der Waals surface area contributed by atoms with E-state index in [1.165, 1.54) is 6.33 Å². The maximum atomic E-state index is 11.1. The Kier molecular flexibility index (Phi) is 5.17. The van der Waals surface area contributed by atoms with Crippen LogP contribution in [-0.2, 0) is 4.74 Å². The molecule has 1 aromatic carbocycles. The van der Waals surface area contributed by atoms with Crippen molar-refractivity contribution in [2.24, 2.45) is 0 Å². The van der Waals surface area contributed by atoms with Gasteiger partial charge in [-0.15, -0.1) is 0 Å². The zero-order valence-electron chi connectivity index (χ0n) is 17.2. The zero-order valence-corrected chi connectivity index (χ0v) is 20.3. The highest BCUT2D eigenvalue weighted by atomic mass is 79.9. The number of nitrogens with zero attached hydrogens (tertiary/aromatic N) is 4. The summed E-state index contributed by atoms with van der Waals surface area (Å²) in [5, 5.41) is 24.4. The standard InChI is InChI=1S/C23H19BrCl2N4O3/c24-15-7-12-2-1-11(8-16(12)29-20(15)26)13-3-5-23(9-13)18(32)17(31)22(33-23)30-6-4-14-19(25)27-10-28-21(14)30/h1-2,4,6-8,10,13,17-18,22,31-32H,3,5,9H2. The minimum atomic E-state index is -1.09. The van der Waals surface area contributed by atoms with Crippen LogP contribution >= 0.6 is 39.1 Å². The van der Waals surface area contributed by atoms with Gasteiger partial charge in [-0.05, 0) is 64.9 Å². The van der Waals surface area contributed by atoms with E-state index in [1.807, 2.05) is 18.2 Å². The van der Waals surface area contributed by atoms with Crippen molar-refractivity contribution in [3.05, 3.63) is 63.2 Å². The Balaban J connectivity index is 1.30. The van der Waals surface area contributed by atoms with Gasteiger partial charge in [-0.25, -0.2) is 15.0 Å². The highest BCUT2D eigenvalue weighted by Gasteiger charge is 2.57. The average molecular weight is 550 g/mol. The Morgan fingerprint density at radius 3 is 2.82 bits per heavy atom. The molecular weight excluding hydrogens is 531 g/mol. The molecule has 1 saturated heterocycles. The lowest BCUT2D eigenvalue weighted by Crippen LogP contribution is -2.40. The van der Waals surface area contributed by atoms with Crippen LogP contribution in [0.25, 0.3) is 21.9 Å². The van der Waals surface area contributed by atoms with Crippen molar-refractivity contribution in [2.45, 2.75) is 49.2 Å². The average Bonchev–Trinajstić information content (AvgIpc) is 3.48. The van der Waals surface area contributed by atoms with Gasteiger partial charge in [0.05, 0.1) is 15.4 Å². The second-order valence-electron chi connectivity index (χ2n) is 8.79. The fraction of sp³-hybridized carbons (Fsp3) is 0.348. The van der Waals surface area contributed by atoms with E-state index in [2.05, 4.69) is 36.9 Å². The van der Waals surface area contributed by atoms with Crippen molar-refractivity contribution in [1.82, 2.24) is 19.5 Å². The minimum absolute atomic E-state index is 0.164. The van der Waals surface area contributed by atoms with Gasteiger partial charge in [0, 0.05) is 11.6 Å². The largest absolute Gasteiger partial charge is 0.387 e. The third-order valence-corrected chi connectivity index (χ3v) is 8.40. The first-order chi connectivity index (χ1) is 15.9. The molecule has 1 aliphatic carbocycles. The van der Waals surface area contributed by atoms with Gasteiger partial charge in [-0.3, -0.25) is 0 Å². The molecule has 5 unspecified atom stereocenters. The molecule has 6 rings (SSSR count). The SMILES string of the molecule is OC1C(n2ccc3c(Cl)ncnc32)OC2(CCC(c3ccc4cc(Br)c(Cl)nc4c3)C2)C1O. The number of fused-ring (bicyclic) bond motifs is 2. The molecule has 7 nitrogen and oxygen atoms in total. The van der Waals surface area contributed by atoms with Crippen molar-refractivity contribution >= 4 is 61.1 Å². The van der Waals surface area contributed by atoms with Crippen LogP contribution in [-0.4, -0.2) is 47.5 Å². The maximum Gasteiger partial charge on any atom is 0.164 e. The fourth-order valence-corrected chi connectivity index (χ4v) is 5.97. The minimum Gasteiger partial charge on any atom is -0.387 e. The first-order valence-corrected chi connectivity index (χ1v) is 12.2. The Morgan fingerprint density at radius 2 is 1.97 bits per heavy atom. The summed E-state index contributed by atoms with van der Waals surface area (Å²) in [6.07, 6.45) is 2.30. The number of benzene rings is 1. The summed E-state index contributed by atoms with van der Waals surface area (Å²) < 4.78 is 8.90. The Bertz CT molecular complexity index is 1400. The van der Waals surface area contributed by atoms with E-state index in [9.17, 15) is 10.2 Å². The maximum absolute atomic E-state index is 11.1. The highest BCUT2D eigenvalue weighted by molar-refractivity contribution is 9.10. The predicted octanol–water partition coefficient (Wildman–Crippen LogP) is 5.01. The molecule has 2 N–H and O–H groups in total. The van der Waals surface area contributed by atoms with Gasteiger partial charge in [0.15, 0.2) is 6.23 Å². The number of aromatic nitrogens is 4. The van der Waals surface area contributed by atoms with Crippen LogP contribution in [0.3, 0.4) is 0 Å². The Hall–Kier alpha value is -1.81. The molecule has 0 amide bonds. The number of aliphatic hydroxyl groups is 2. The van der Waals surface area contributed by atoms with Gasteiger partial charge in [0.1, 0.15) is 40.1 Å². The summed E-state index contributed by atoms with van der Waals surface area (Å²) in [4.78, 5) is 12.8. The molecule has 1 saturated carbocycles. The van der Waals surface area contributed by atoms with Crippen LogP contribution in [0, 0.1) is 0 Å². The second kappa shape index (κ2) is 7.86. The lowest BCUT2D eigenvalue weighted by atomic mass is 9.90. The van der Waals surface area contributed by atoms with Gasteiger partial charge in [-0.2, -0.15) is 0 Å². The van der Waals surface area contributed by atoms with E-state index in [1.54, 1.807) is 16.8 Å². The molecule has 3 aromatic heterocycles. The molecule has 1 spiro atoms. The smallest absolute Gasteiger partial charge is 0.164 e. The first-order valence-electron chi connectivity index (χ1n) is 10.6. The molecule has 2 fully saturated rings.